The number of anilines is 1. The summed E-state index contributed by atoms with van der Waals surface area (Å²) in [5.74, 6) is -0.314. The zero-order valence-electron chi connectivity index (χ0n) is 10.1. The second-order valence-corrected chi connectivity index (χ2v) is 7.16. The summed E-state index contributed by atoms with van der Waals surface area (Å²) in [6.45, 7) is 1.77. The first-order chi connectivity index (χ1) is 8.70. The van der Waals surface area contributed by atoms with Gasteiger partial charge in [-0.3, -0.25) is 4.79 Å². The third-order valence-electron chi connectivity index (χ3n) is 3.04. The van der Waals surface area contributed by atoms with Crippen LogP contribution in [-0.4, -0.2) is 26.1 Å². The lowest BCUT2D eigenvalue weighted by Gasteiger charge is -2.20. The van der Waals surface area contributed by atoms with Crippen LogP contribution in [0.1, 0.15) is 12.0 Å². The number of benzene rings is 1. The Balaban J connectivity index is 2.42. The average Bonchev–Trinajstić information content (AvgIpc) is 2.59. The summed E-state index contributed by atoms with van der Waals surface area (Å²) in [5, 5.41) is 4.96. The molecule has 0 aromatic heterocycles. The molecule has 1 aliphatic heterocycles. The van der Waals surface area contributed by atoms with Gasteiger partial charge >= 0.3 is 0 Å². The summed E-state index contributed by atoms with van der Waals surface area (Å²) in [4.78, 5) is 13.3. The lowest BCUT2D eigenvalue weighted by molar-refractivity contribution is -0.117. The predicted molar refractivity (Wildman–Crippen MR) is 75.1 cm³/mol. The van der Waals surface area contributed by atoms with E-state index in [0.29, 0.717) is 21.3 Å². The van der Waals surface area contributed by atoms with Gasteiger partial charge in [-0.1, -0.05) is 23.2 Å². The number of amides is 1. The molecule has 8 heteroatoms. The Hall–Kier alpha value is -0.820. The monoisotopic (exact) mass is 322 g/mol. The maximum atomic E-state index is 11.9. The number of sulfonamides is 1. The van der Waals surface area contributed by atoms with Gasteiger partial charge in [-0.05, 0) is 24.6 Å². The van der Waals surface area contributed by atoms with Crippen molar-refractivity contribution in [1.29, 1.82) is 0 Å². The number of carbonyl (C=O) groups excluding carboxylic acids is 1. The van der Waals surface area contributed by atoms with Crippen LogP contribution in [0.2, 0.25) is 10.0 Å². The number of hydrogen-bond acceptors (Lipinski definition) is 3. The van der Waals surface area contributed by atoms with E-state index < -0.39 is 15.3 Å². The van der Waals surface area contributed by atoms with Crippen molar-refractivity contribution in [3.05, 3.63) is 27.7 Å². The van der Waals surface area contributed by atoms with Gasteiger partial charge in [-0.25, -0.2) is 13.6 Å². The van der Waals surface area contributed by atoms with Crippen molar-refractivity contribution in [2.24, 2.45) is 5.14 Å². The fourth-order valence-electron chi connectivity index (χ4n) is 2.15. The Morgan fingerprint density at radius 1 is 1.37 bits per heavy atom. The number of nitrogens with zero attached hydrogens (tertiary/aromatic N) is 1. The molecule has 1 fully saturated rings. The molecule has 1 unspecified atom stereocenters. The Morgan fingerprint density at radius 3 is 2.47 bits per heavy atom. The van der Waals surface area contributed by atoms with E-state index in [4.69, 9.17) is 28.3 Å². The third-order valence-corrected chi connectivity index (χ3v) is 4.79. The lowest BCUT2D eigenvalue weighted by atomic mass is 10.2. The van der Waals surface area contributed by atoms with E-state index in [2.05, 4.69) is 0 Å². The normalized spacial score (nSPS) is 20.1. The van der Waals surface area contributed by atoms with Gasteiger partial charge in [0.15, 0.2) is 0 Å². The first-order valence-corrected chi connectivity index (χ1v) is 7.84. The summed E-state index contributed by atoms with van der Waals surface area (Å²) in [7, 11) is -3.74. The molecule has 0 saturated carbocycles. The lowest BCUT2D eigenvalue weighted by Crippen LogP contribution is -2.32. The van der Waals surface area contributed by atoms with Crippen molar-refractivity contribution in [3.8, 4) is 0 Å². The maximum absolute atomic E-state index is 11.9. The third kappa shape index (κ3) is 2.86. The molecule has 0 spiro atoms. The summed E-state index contributed by atoms with van der Waals surface area (Å²) >= 11 is 11.9. The van der Waals surface area contributed by atoms with Crippen LogP contribution in [-0.2, 0) is 14.8 Å². The van der Waals surface area contributed by atoms with Crippen LogP contribution in [0.5, 0.6) is 0 Å². The Kier molecular flexibility index (Phi) is 3.79. The maximum Gasteiger partial charge on any atom is 0.228 e. The van der Waals surface area contributed by atoms with Gasteiger partial charge in [0.25, 0.3) is 0 Å². The molecule has 1 aromatic rings. The van der Waals surface area contributed by atoms with Crippen LogP contribution in [0.4, 0.5) is 5.69 Å². The van der Waals surface area contributed by atoms with Crippen LogP contribution < -0.4 is 10.0 Å². The highest BCUT2D eigenvalue weighted by molar-refractivity contribution is 7.89. The van der Waals surface area contributed by atoms with E-state index in [-0.39, 0.29) is 18.9 Å². The molecular weight excluding hydrogens is 311 g/mol. The van der Waals surface area contributed by atoms with E-state index in [0.717, 1.165) is 0 Å². The van der Waals surface area contributed by atoms with Crippen molar-refractivity contribution in [1.82, 2.24) is 0 Å². The molecule has 2 N–H and O–H groups in total. The zero-order valence-corrected chi connectivity index (χ0v) is 12.4. The SMILES string of the molecule is Cc1cc(Cl)cc(Cl)c1N1CC(S(N)(=O)=O)CC1=O. The first kappa shape index (κ1) is 14.6. The molecule has 104 valence electrons. The van der Waals surface area contributed by atoms with E-state index in [1.54, 1.807) is 13.0 Å². The molecule has 0 aliphatic carbocycles. The molecule has 1 amide bonds. The van der Waals surface area contributed by atoms with E-state index in [1.807, 2.05) is 0 Å². The van der Waals surface area contributed by atoms with E-state index in [1.165, 1.54) is 11.0 Å². The van der Waals surface area contributed by atoms with Crippen molar-refractivity contribution in [3.63, 3.8) is 0 Å². The molecule has 5 nitrogen and oxygen atoms in total. The molecule has 0 bridgehead atoms. The van der Waals surface area contributed by atoms with Gasteiger partial charge in [0.1, 0.15) is 5.25 Å². The van der Waals surface area contributed by atoms with Crippen LogP contribution in [0.3, 0.4) is 0 Å². The first-order valence-electron chi connectivity index (χ1n) is 5.48. The largest absolute Gasteiger partial charge is 0.309 e. The molecule has 1 aliphatic rings. The minimum Gasteiger partial charge on any atom is -0.309 e. The van der Waals surface area contributed by atoms with E-state index in [9.17, 15) is 13.2 Å². The van der Waals surface area contributed by atoms with Crippen molar-refractivity contribution < 1.29 is 13.2 Å². The number of rotatable bonds is 2. The highest BCUT2D eigenvalue weighted by Gasteiger charge is 2.38. The van der Waals surface area contributed by atoms with E-state index >= 15 is 0 Å². The molecule has 2 rings (SSSR count). The molecule has 1 aromatic carbocycles. The smallest absolute Gasteiger partial charge is 0.228 e. The molecule has 19 heavy (non-hydrogen) atoms. The fourth-order valence-corrected chi connectivity index (χ4v) is 3.58. The topological polar surface area (TPSA) is 80.5 Å². The summed E-state index contributed by atoms with van der Waals surface area (Å²) < 4.78 is 22.6. The van der Waals surface area contributed by atoms with Gasteiger partial charge in [0, 0.05) is 18.0 Å². The Bertz CT molecular complexity index is 622. The highest BCUT2D eigenvalue weighted by Crippen LogP contribution is 2.35. The number of hydrogen-bond donors (Lipinski definition) is 1. The van der Waals surface area contributed by atoms with Crippen molar-refractivity contribution >= 4 is 44.8 Å². The molecule has 1 atom stereocenters. The number of halogens is 2. The minimum absolute atomic E-state index is 0.0137. The Labute approximate surface area is 121 Å². The van der Waals surface area contributed by atoms with Gasteiger partial charge in [-0.15, -0.1) is 0 Å². The van der Waals surface area contributed by atoms with Crippen LogP contribution in [0.15, 0.2) is 12.1 Å². The van der Waals surface area contributed by atoms with Crippen molar-refractivity contribution in [2.75, 3.05) is 11.4 Å². The quantitative estimate of drug-likeness (QED) is 0.899. The average molecular weight is 323 g/mol. The number of nitrogens with two attached hydrogens (primary N) is 1. The Morgan fingerprint density at radius 2 is 2.00 bits per heavy atom. The highest BCUT2D eigenvalue weighted by atomic mass is 35.5. The van der Waals surface area contributed by atoms with Crippen LogP contribution in [0, 0.1) is 6.92 Å². The van der Waals surface area contributed by atoms with Crippen LogP contribution >= 0.6 is 23.2 Å². The second kappa shape index (κ2) is 4.94. The predicted octanol–water partition coefficient (Wildman–Crippen LogP) is 1.70. The number of aryl methyl sites for hydroxylation is 1. The minimum atomic E-state index is -3.74. The van der Waals surface area contributed by atoms with Gasteiger partial charge < -0.3 is 4.90 Å². The van der Waals surface area contributed by atoms with Crippen LogP contribution in [0.25, 0.3) is 0 Å². The van der Waals surface area contributed by atoms with Gasteiger partial charge in [0.2, 0.25) is 15.9 Å². The molecule has 1 heterocycles. The fraction of sp³-hybridized carbons (Fsp3) is 0.364. The molecule has 0 radical (unpaired) electrons. The summed E-state index contributed by atoms with van der Waals surface area (Å²) in [6.07, 6.45) is -0.128. The second-order valence-electron chi connectivity index (χ2n) is 4.47. The van der Waals surface area contributed by atoms with Gasteiger partial charge in [0.05, 0.1) is 10.7 Å². The number of primary sulfonamides is 1. The zero-order chi connectivity index (χ0) is 14.4. The summed E-state index contributed by atoms with van der Waals surface area (Å²) in [5.41, 5.74) is 1.20. The number of carbonyl (C=O) groups is 1. The summed E-state index contributed by atoms with van der Waals surface area (Å²) in [6, 6.07) is 3.18. The van der Waals surface area contributed by atoms with Gasteiger partial charge in [-0.2, -0.15) is 0 Å². The molecule has 1 saturated heterocycles. The van der Waals surface area contributed by atoms with Crippen molar-refractivity contribution in [2.45, 2.75) is 18.6 Å². The standard InChI is InChI=1S/C11H12Cl2N2O3S/c1-6-2-7(12)3-9(13)11(6)15-5-8(4-10(15)16)19(14,17)18/h2-3,8H,4-5H2,1H3,(H2,14,17,18). The molecular formula is C11H12Cl2N2O3S.